The number of morpholine rings is 1. The predicted molar refractivity (Wildman–Crippen MR) is 90.1 cm³/mol. The van der Waals surface area contributed by atoms with Gasteiger partial charge < -0.3 is 10.5 Å². The normalized spacial score (nSPS) is 20.1. The van der Waals surface area contributed by atoms with Crippen molar-refractivity contribution in [3.8, 4) is 0 Å². The molecule has 1 aliphatic heterocycles. The van der Waals surface area contributed by atoms with Crippen LogP contribution in [-0.4, -0.2) is 30.5 Å². The zero-order valence-corrected chi connectivity index (χ0v) is 13.4. The smallest absolute Gasteiger partial charge is 0.239 e. The van der Waals surface area contributed by atoms with E-state index in [0.717, 1.165) is 11.1 Å². The van der Waals surface area contributed by atoms with Crippen molar-refractivity contribution in [3.05, 3.63) is 70.7 Å². The van der Waals surface area contributed by atoms with Crippen molar-refractivity contribution in [2.45, 2.75) is 12.1 Å². The van der Waals surface area contributed by atoms with E-state index in [4.69, 9.17) is 22.1 Å². The minimum Gasteiger partial charge on any atom is -0.371 e. The fourth-order valence-electron chi connectivity index (χ4n) is 3.02. The molecule has 2 N–H and O–H groups in total. The standard InChI is InChI=1S/C18H19ClN2O2/c19-15-9-5-4-8-14(15)16-12-21(10-11-23-16)17(18(20)22)13-6-2-1-3-7-13/h1-9,16-17H,10-12H2,(H2,20,22)/t16-,17+/m0/s1. The van der Waals surface area contributed by atoms with Gasteiger partial charge in [-0.1, -0.05) is 60.1 Å². The molecule has 0 aromatic heterocycles. The highest BCUT2D eigenvalue weighted by atomic mass is 35.5. The Morgan fingerprint density at radius 3 is 2.57 bits per heavy atom. The molecule has 1 aliphatic rings. The minimum absolute atomic E-state index is 0.164. The molecule has 5 heteroatoms. The van der Waals surface area contributed by atoms with Crippen LogP contribution in [0.4, 0.5) is 0 Å². The lowest BCUT2D eigenvalue weighted by Gasteiger charge is -2.37. The van der Waals surface area contributed by atoms with E-state index < -0.39 is 6.04 Å². The fraction of sp³-hybridized carbons (Fsp3) is 0.278. The lowest BCUT2D eigenvalue weighted by Crippen LogP contribution is -2.45. The van der Waals surface area contributed by atoms with Crippen molar-refractivity contribution in [2.24, 2.45) is 5.73 Å². The minimum atomic E-state index is -0.454. The molecule has 1 saturated heterocycles. The number of carbonyl (C=O) groups excluding carboxylic acids is 1. The SMILES string of the molecule is NC(=O)[C@@H](c1ccccc1)N1CCO[C@H](c2ccccc2Cl)C1. The van der Waals surface area contributed by atoms with E-state index in [1.165, 1.54) is 0 Å². The number of amides is 1. The molecule has 4 nitrogen and oxygen atoms in total. The highest BCUT2D eigenvalue weighted by Crippen LogP contribution is 2.31. The van der Waals surface area contributed by atoms with Crippen LogP contribution < -0.4 is 5.73 Å². The summed E-state index contributed by atoms with van der Waals surface area (Å²) in [7, 11) is 0. The molecule has 1 amide bonds. The largest absolute Gasteiger partial charge is 0.371 e. The number of primary amides is 1. The third kappa shape index (κ3) is 3.55. The first-order valence-corrected chi connectivity index (χ1v) is 7.99. The maximum atomic E-state index is 12.0. The van der Waals surface area contributed by atoms with E-state index in [1.807, 2.05) is 54.6 Å². The van der Waals surface area contributed by atoms with Crippen molar-refractivity contribution < 1.29 is 9.53 Å². The van der Waals surface area contributed by atoms with Crippen LogP contribution in [0.2, 0.25) is 5.02 Å². The monoisotopic (exact) mass is 330 g/mol. The molecular weight excluding hydrogens is 312 g/mol. The number of carbonyl (C=O) groups is 1. The van der Waals surface area contributed by atoms with Gasteiger partial charge in [0.05, 0.1) is 12.7 Å². The van der Waals surface area contributed by atoms with Crippen LogP contribution in [0.25, 0.3) is 0 Å². The van der Waals surface area contributed by atoms with E-state index >= 15 is 0 Å². The van der Waals surface area contributed by atoms with E-state index in [9.17, 15) is 4.79 Å². The zero-order valence-electron chi connectivity index (χ0n) is 12.7. The number of hydrogen-bond donors (Lipinski definition) is 1. The van der Waals surface area contributed by atoms with Crippen LogP contribution >= 0.6 is 11.6 Å². The molecule has 0 saturated carbocycles. The van der Waals surface area contributed by atoms with Crippen molar-refractivity contribution >= 4 is 17.5 Å². The van der Waals surface area contributed by atoms with Crippen LogP contribution in [0.15, 0.2) is 54.6 Å². The van der Waals surface area contributed by atoms with Crippen molar-refractivity contribution in [1.29, 1.82) is 0 Å². The van der Waals surface area contributed by atoms with Crippen LogP contribution in [-0.2, 0) is 9.53 Å². The van der Waals surface area contributed by atoms with E-state index in [2.05, 4.69) is 4.90 Å². The summed E-state index contributed by atoms with van der Waals surface area (Å²) in [5.74, 6) is -0.351. The van der Waals surface area contributed by atoms with Gasteiger partial charge in [0.15, 0.2) is 0 Å². The summed E-state index contributed by atoms with van der Waals surface area (Å²) in [6.07, 6.45) is -0.164. The molecule has 120 valence electrons. The summed E-state index contributed by atoms with van der Waals surface area (Å²) < 4.78 is 5.86. The first-order chi connectivity index (χ1) is 11.2. The molecule has 0 radical (unpaired) electrons. The van der Waals surface area contributed by atoms with Crippen LogP contribution in [0, 0.1) is 0 Å². The molecule has 3 rings (SSSR count). The summed E-state index contributed by atoms with van der Waals surface area (Å²) in [6.45, 7) is 1.77. The van der Waals surface area contributed by atoms with Crippen LogP contribution in [0.5, 0.6) is 0 Å². The summed E-state index contributed by atoms with van der Waals surface area (Å²) in [4.78, 5) is 14.1. The summed E-state index contributed by atoms with van der Waals surface area (Å²) >= 11 is 6.27. The van der Waals surface area contributed by atoms with Gasteiger partial charge in [-0.05, 0) is 11.6 Å². The number of rotatable bonds is 4. The van der Waals surface area contributed by atoms with E-state index in [0.29, 0.717) is 24.7 Å². The highest BCUT2D eigenvalue weighted by molar-refractivity contribution is 6.31. The Labute approximate surface area is 140 Å². The summed E-state index contributed by atoms with van der Waals surface area (Å²) in [6, 6.07) is 16.8. The highest BCUT2D eigenvalue weighted by Gasteiger charge is 2.32. The van der Waals surface area contributed by atoms with E-state index in [1.54, 1.807) is 0 Å². The van der Waals surface area contributed by atoms with Crippen LogP contribution in [0.1, 0.15) is 23.3 Å². The van der Waals surface area contributed by atoms with Crippen molar-refractivity contribution in [2.75, 3.05) is 19.7 Å². The summed E-state index contributed by atoms with van der Waals surface area (Å²) in [5.41, 5.74) is 7.51. The Kier molecular flexibility index (Phi) is 4.96. The lowest BCUT2D eigenvalue weighted by atomic mass is 10.0. The van der Waals surface area contributed by atoms with Gasteiger partial charge in [-0.25, -0.2) is 0 Å². The van der Waals surface area contributed by atoms with Gasteiger partial charge in [-0.2, -0.15) is 0 Å². The number of halogens is 1. The summed E-state index contributed by atoms with van der Waals surface area (Å²) in [5, 5.41) is 0.676. The third-order valence-corrected chi connectivity index (χ3v) is 4.44. The predicted octanol–water partition coefficient (Wildman–Crippen LogP) is 2.94. The quantitative estimate of drug-likeness (QED) is 0.937. The van der Waals surface area contributed by atoms with Gasteiger partial charge in [0.1, 0.15) is 6.04 Å². The molecule has 2 aromatic rings. The van der Waals surface area contributed by atoms with Crippen molar-refractivity contribution in [3.63, 3.8) is 0 Å². The third-order valence-electron chi connectivity index (χ3n) is 4.10. The molecule has 2 atom stereocenters. The second-order valence-electron chi connectivity index (χ2n) is 5.59. The van der Waals surface area contributed by atoms with Gasteiger partial charge in [-0.15, -0.1) is 0 Å². The molecule has 2 aromatic carbocycles. The zero-order chi connectivity index (χ0) is 16.2. The Bertz CT molecular complexity index is 678. The average Bonchev–Trinajstić information content (AvgIpc) is 2.56. The van der Waals surface area contributed by atoms with Gasteiger partial charge in [0.2, 0.25) is 5.91 Å². The first-order valence-electron chi connectivity index (χ1n) is 7.61. The van der Waals surface area contributed by atoms with Gasteiger partial charge >= 0.3 is 0 Å². The number of nitrogens with zero attached hydrogens (tertiary/aromatic N) is 1. The van der Waals surface area contributed by atoms with Gasteiger partial charge in [0, 0.05) is 23.7 Å². The molecule has 1 fully saturated rings. The Morgan fingerprint density at radius 1 is 1.17 bits per heavy atom. The molecule has 23 heavy (non-hydrogen) atoms. The maximum absolute atomic E-state index is 12.0. The second kappa shape index (κ2) is 7.13. The van der Waals surface area contributed by atoms with Gasteiger partial charge in [-0.3, -0.25) is 9.69 Å². The Balaban J connectivity index is 1.84. The maximum Gasteiger partial charge on any atom is 0.239 e. The van der Waals surface area contributed by atoms with Crippen molar-refractivity contribution in [1.82, 2.24) is 4.90 Å². The average molecular weight is 331 g/mol. The number of benzene rings is 2. The molecule has 0 aliphatic carbocycles. The lowest BCUT2D eigenvalue weighted by molar-refractivity contribution is -0.127. The van der Waals surface area contributed by atoms with E-state index in [-0.39, 0.29) is 12.0 Å². The topological polar surface area (TPSA) is 55.6 Å². The second-order valence-corrected chi connectivity index (χ2v) is 6.00. The number of nitrogens with two attached hydrogens (primary N) is 1. The molecule has 1 heterocycles. The fourth-order valence-corrected chi connectivity index (χ4v) is 3.28. The molecule has 0 bridgehead atoms. The first kappa shape index (κ1) is 16.0. The van der Waals surface area contributed by atoms with Crippen LogP contribution in [0.3, 0.4) is 0 Å². The number of hydrogen-bond acceptors (Lipinski definition) is 3. The number of ether oxygens (including phenoxy) is 1. The Morgan fingerprint density at radius 2 is 1.87 bits per heavy atom. The molecule has 0 spiro atoms. The van der Waals surface area contributed by atoms with Gasteiger partial charge in [0.25, 0.3) is 0 Å². The molecular formula is C18H19ClN2O2. The molecule has 0 unspecified atom stereocenters. The Hall–Kier alpha value is -1.88.